The molecular weight excluding hydrogens is 263 g/mol. The Kier molecular flexibility index (Phi) is 4.61. The van der Waals surface area contributed by atoms with Gasteiger partial charge >= 0.3 is 0 Å². The van der Waals surface area contributed by atoms with Crippen molar-refractivity contribution in [2.24, 2.45) is 0 Å². The van der Waals surface area contributed by atoms with Gasteiger partial charge in [0.2, 0.25) is 0 Å². The van der Waals surface area contributed by atoms with Gasteiger partial charge in [0.05, 0.1) is 6.61 Å². The van der Waals surface area contributed by atoms with E-state index in [0.29, 0.717) is 0 Å². The maximum Gasteiger partial charge on any atom is 0.0716 e. The van der Waals surface area contributed by atoms with E-state index >= 15 is 0 Å². The summed E-state index contributed by atoms with van der Waals surface area (Å²) in [5, 5.41) is 0. The molecule has 0 aliphatic carbocycles. The third-order valence-corrected chi connectivity index (χ3v) is 2.25. The molecule has 0 radical (unpaired) electrons. The molecule has 1 aromatic rings. The zero-order valence-corrected chi connectivity index (χ0v) is 9.37. The fourth-order valence-electron chi connectivity index (χ4n) is 0.915. The van der Waals surface area contributed by atoms with E-state index in [4.69, 9.17) is 4.74 Å². The van der Waals surface area contributed by atoms with Crippen LogP contribution in [0, 0.1) is 3.57 Å². The number of benzene rings is 1. The quantitative estimate of drug-likeness (QED) is 0.606. The van der Waals surface area contributed by atoms with Gasteiger partial charge in [-0.25, -0.2) is 0 Å². The molecule has 0 aromatic heterocycles. The fraction of sp³-hybridized carbons (Fsp3) is 0.400. The summed E-state index contributed by atoms with van der Waals surface area (Å²) in [5.74, 6) is 0. The summed E-state index contributed by atoms with van der Waals surface area (Å²) in [4.78, 5) is 0. The molecule has 0 unspecified atom stereocenters. The van der Waals surface area contributed by atoms with Crippen LogP contribution in [0.4, 0.5) is 0 Å². The van der Waals surface area contributed by atoms with Crippen molar-refractivity contribution in [3.8, 4) is 0 Å². The summed E-state index contributed by atoms with van der Waals surface area (Å²) in [6.07, 6.45) is 1.09. The molecule has 0 atom stereocenters. The molecule has 0 saturated carbocycles. The third kappa shape index (κ3) is 3.54. The average Bonchev–Trinajstić information content (AvgIpc) is 2.09. The molecule has 1 aromatic carbocycles. The Morgan fingerprint density at radius 1 is 1.25 bits per heavy atom. The van der Waals surface area contributed by atoms with Gasteiger partial charge in [-0.3, -0.25) is 0 Å². The predicted octanol–water partition coefficient (Wildman–Crippen LogP) is 3.22. The second-order valence-electron chi connectivity index (χ2n) is 2.68. The van der Waals surface area contributed by atoms with E-state index in [1.807, 2.05) is 0 Å². The van der Waals surface area contributed by atoms with Crippen LogP contribution in [0.2, 0.25) is 0 Å². The second kappa shape index (κ2) is 5.54. The molecule has 0 fully saturated rings. The molecule has 0 saturated heterocycles. The van der Waals surface area contributed by atoms with Gasteiger partial charge in [0, 0.05) is 10.2 Å². The van der Waals surface area contributed by atoms with Crippen molar-refractivity contribution in [1.29, 1.82) is 0 Å². The number of hydrogen-bond acceptors (Lipinski definition) is 1. The first-order chi connectivity index (χ1) is 5.83. The van der Waals surface area contributed by atoms with Crippen molar-refractivity contribution in [1.82, 2.24) is 0 Å². The highest BCUT2D eigenvalue weighted by Gasteiger charge is 1.91. The molecule has 0 N–H and O–H groups in total. The lowest BCUT2D eigenvalue weighted by atomic mass is 10.2. The minimum atomic E-state index is 0.741. The molecule has 1 rings (SSSR count). The van der Waals surface area contributed by atoms with E-state index in [1.165, 1.54) is 9.13 Å². The van der Waals surface area contributed by atoms with Gasteiger partial charge in [-0.05, 0) is 46.7 Å². The van der Waals surface area contributed by atoms with Crippen LogP contribution in [0.5, 0.6) is 0 Å². The summed E-state index contributed by atoms with van der Waals surface area (Å²) < 4.78 is 6.68. The fourth-order valence-corrected chi connectivity index (χ4v) is 1.27. The highest BCUT2D eigenvalue weighted by Crippen LogP contribution is 2.07. The largest absolute Gasteiger partial charge is 0.377 e. The average molecular weight is 276 g/mol. The lowest BCUT2D eigenvalue weighted by molar-refractivity contribution is 0.121. The molecule has 12 heavy (non-hydrogen) atoms. The van der Waals surface area contributed by atoms with Crippen LogP contribution in [0.25, 0.3) is 0 Å². The SMILES string of the molecule is CCCOCc1ccc(I)cc1. The third-order valence-electron chi connectivity index (χ3n) is 1.53. The maximum absolute atomic E-state index is 5.41. The van der Waals surface area contributed by atoms with Crippen molar-refractivity contribution in [3.05, 3.63) is 33.4 Å². The predicted molar refractivity (Wildman–Crippen MR) is 59.1 cm³/mol. The Balaban J connectivity index is 2.37. The monoisotopic (exact) mass is 276 g/mol. The van der Waals surface area contributed by atoms with Crippen molar-refractivity contribution < 1.29 is 4.74 Å². The number of ether oxygens (including phenoxy) is 1. The van der Waals surface area contributed by atoms with Gasteiger partial charge in [0.15, 0.2) is 0 Å². The summed E-state index contributed by atoms with van der Waals surface area (Å²) in [7, 11) is 0. The minimum Gasteiger partial charge on any atom is -0.377 e. The normalized spacial score (nSPS) is 10.2. The summed E-state index contributed by atoms with van der Waals surface area (Å²) in [6.45, 7) is 3.71. The summed E-state index contributed by atoms with van der Waals surface area (Å²) in [5.41, 5.74) is 1.25. The molecule has 66 valence electrons. The molecular formula is C10H13IO. The van der Waals surface area contributed by atoms with Crippen molar-refractivity contribution in [2.45, 2.75) is 20.0 Å². The Bertz CT molecular complexity index is 218. The van der Waals surface area contributed by atoms with Gasteiger partial charge in [-0.1, -0.05) is 19.1 Å². The molecule has 0 aliphatic heterocycles. The zero-order valence-electron chi connectivity index (χ0n) is 7.22. The number of rotatable bonds is 4. The Labute approximate surface area is 87.3 Å². The highest BCUT2D eigenvalue weighted by molar-refractivity contribution is 14.1. The molecule has 2 heteroatoms. The van der Waals surface area contributed by atoms with E-state index in [2.05, 4.69) is 53.8 Å². The van der Waals surface area contributed by atoms with E-state index < -0.39 is 0 Å². The van der Waals surface area contributed by atoms with Crippen LogP contribution >= 0.6 is 22.6 Å². The van der Waals surface area contributed by atoms with Crippen LogP contribution in [0.1, 0.15) is 18.9 Å². The van der Waals surface area contributed by atoms with Crippen molar-refractivity contribution in [3.63, 3.8) is 0 Å². The van der Waals surface area contributed by atoms with E-state index in [1.54, 1.807) is 0 Å². The minimum absolute atomic E-state index is 0.741. The number of hydrogen-bond donors (Lipinski definition) is 0. The van der Waals surface area contributed by atoms with Crippen LogP contribution in [0.15, 0.2) is 24.3 Å². The lowest BCUT2D eigenvalue weighted by Gasteiger charge is -2.01. The second-order valence-corrected chi connectivity index (χ2v) is 3.92. The van der Waals surface area contributed by atoms with Gasteiger partial charge < -0.3 is 4.74 Å². The molecule has 0 amide bonds. The van der Waals surface area contributed by atoms with E-state index in [0.717, 1.165) is 19.6 Å². The van der Waals surface area contributed by atoms with Crippen LogP contribution < -0.4 is 0 Å². The van der Waals surface area contributed by atoms with Crippen molar-refractivity contribution in [2.75, 3.05) is 6.61 Å². The maximum atomic E-state index is 5.41. The first kappa shape index (κ1) is 9.99. The molecule has 0 heterocycles. The Hall–Kier alpha value is -0.0900. The van der Waals surface area contributed by atoms with Crippen LogP contribution in [0.3, 0.4) is 0 Å². The topological polar surface area (TPSA) is 9.23 Å². The zero-order chi connectivity index (χ0) is 8.81. The first-order valence-corrected chi connectivity index (χ1v) is 5.23. The van der Waals surface area contributed by atoms with Gasteiger partial charge in [-0.15, -0.1) is 0 Å². The first-order valence-electron chi connectivity index (χ1n) is 4.15. The van der Waals surface area contributed by atoms with Crippen LogP contribution in [-0.4, -0.2) is 6.61 Å². The summed E-state index contributed by atoms with van der Waals surface area (Å²) >= 11 is 2.30. The Morgan fingerprint density at radius 3 is 2.50 bits per heavy atom. The molecule has 0 spiro atoms. The van der Waals surface area contributed by atoms with Gasteiger partial charge in [0.1, 0.15) is 0 Å². The van der Waals surface area contributed by atoms with E-state index in [-0.39, 0.29) is 0 Å². The smallest absolute Gasteiger partial charge is 0.0716 e. The molecule has 1 nitrogen and oxygen atoms in total. The number of halogens is 1. The Morgan fingerprint density at radius 2 is 1.92 bits per heavy atom. The van der Waals surface area contributed by atoms with E-state index in [9.17, 15) is 0 Å². The van der Waals surface area contributed by atoms with Crippen molar-refractivity contribution >= 4 is 22.6 Å². The molecule has 0 bridgehead atoms. The molecule has 0 aliphatic rings. The van der Waals surface area contributed by atoms with Gasteiger partial charge in [0.25, 0.3) is 0 Å². The lowest BCUT2D eigenvalue weighted by Crippen LogP contribution is -1.93. The van der Waals surface area contributed by atoms with Crippen LogP contribution in [-0.2, 0) is 11.3 Å². The summed E-state index contributed by atoms with van der Waals surface area (Å²) in [6, 6.07) is 8.42. The van der Waals surface area contributed by atoms with Gasteiger partial charge in [-0.2, -0.15) is 0 Å². The standard InChI is InChI=1S/C10H13IO/c1-2-7-12-8-9-3-5-10(11)6-4-9/h3-6H,2,7-8H2,1H3. The highest BCUT2D eigenvalue weighted by atomic mass is 127.